The zero-order valence-electron chi connectivity index (χ0n) is 16.4. The summed E-state index contributed by atoms with van der Waals surface area (Å²) in [6, 6.07) is 14.5. The highest BCUT2D eigenvalue weighted by atomic mass is 16.5. The number of nitrogens with zero attached hydrogens (tertiary/aromatic N) is 1. The van der Waals surface area contributed by atoms with Crippen LogP contribution < -0.4 is 10.1 Å². The van der Waals surface area contributed by atoms with E-state index in [1.165, 1.54) is 0 Å². The monoisotopic (exact) mass is 392 g/mol. The SMILES string of the molecule is Cc1ccc2c(c1)C(=O)CC1(CCN(C(=O)CNC(=O)c3ccccc3)CC1)O2. The van der Waals surface area contributed by atoms with E-state index in [9.17, 15) is 14.4 Å². The average Bonchev–Trinajstić information content (AvgIpc) is 2.73. The van der Waals surface area contributed by atoms with Crippen molar-refractivity contribution in [1.82, 2.24) is 10.2 Å². The molecule has 1 saturated heterocycles. The van der Waals surface area contributed by atoms with Gasteiger partial charge in [0.25, 0.3) is 5.91 Å². The minimum atomic E-state index is -0.538. The van der Waals surface area contributed by atoms with Crippen LogP contribution in [-0.4, -0.2) is 47.7 Å². The predicted molar refractivity (Wildman–Crippen MR) is 108 cm³/mol. The van der Waals surface area contributed by atoms with E-state index >= 15 is 0 Å². The summed E-state index contributed by atoms with van der Waals surface area (Å²) >= 11 is 0. The maximum atomic E-state index is 12.6. The number of fused-ring (bicyclic) bond motifs is 1. The van der Waals surface area contributed by atoms with Crippen LogP contribution in [-0.2, 0) is 4.79 Å². The summed E-state index contributed by atoms with van der Waals surface area (Å²) in [5.41, 5.74) is 1.68. The summed E-state index contributed by atoms with van der Waals surface area (Å²) in [6.07, 6.45) is 1.55. The first-order valence-electron chi connectivity index (χ1n) is 9.90. The molecule has 2 aromatic carbocycles. The van der Waals surface area contributed by atoms with Gasteiger partial charge in [-0.15, -0.1) is 0 Å². The van der Waals surface area contributed by atoms with Crippen LogP contribution in [0.4, 0.5) is 0 Å². The molecule has 0 radical (unpaired) electrons. The van der Waals surface area contributed by atoms with Gasteiger partial charge in [0, 0.05) is 31.5 Å². The fraction of sp³-hybridized carbons (Fsp3) is 0.348. The third-order valence-electron chi connectivity index (χ3n) is 5.71. The first-order valence-corrected chi connectivity index (χ1v) is 9.90. The van der Waals surface area contributed by atoms with Crippen molar-refractivity contribution < 1.29 is 19.1 Å². The predicted octanol–water partition coefficient (Wildman–Crippen LogP) is 2.75. The van der Waals surface area contributed by atoms with Crippen LogP contribution in [0.1, 0.15) is 45.5 Å². The Morgan fingerprint density at radius 1 is 1.10 bits per heavy atom. The lowest BCUT2D eigenvalue weighted by atomic mass is 9.82. The lowest BCUT2D eigenvalue weighted by Crippen LogP contribution is -2.53. The van der Waals surface area contributed by atoms with Crippen LogP contribution in [0.25, 0.3) is 0 Å². The molecular formula is C23H24N2O4. The Bertz CT molecular complexity index is 947. The molecule has 0 aliphatic carbocycles. The molecule has 0 atom stereocenters. The van der Waals surface area contributed by atoms with E-state index < -0.39 is 5.60 Å². The number of nitrogens with one attached hydrogen (secondary N) is 1. The van der Waals surface area contributed by atoms with Gasteiger partial charge in [0.05, 0.1) is 18.5 Å². The number of carbonyl (C=O) groups is 3. The van der Waals surface area contributed by atoms with Crippen molar-refractivity contribution in [3.63, 3.8) is 0 Å². The van der Waals surface area contributed by atoms with Crippen LogP contribution in [0.5, 0.6) is 5.75 Å². The van der Waals surface area contributed by atoms with Crippen molar-refractivity contribution in [2.24, 2.45) is 0 Å². The summed E-state index contributed by atoms with van der Waals surface area (Å²) in [5, 5.41) is 2.68. The molecule has 2 aliphatic heterocycles. The number of piperidine rings is 1. The Kier molecular flexibility index (Phi) is 5.09. The van der Waals surface area contributed by atoms with Gasteiger partial charge in [0.2, 0.25) is 5.91 Å². The van der Waals surface area contributed by atoms with E-state index in [2.05, 4.69) is 5.32 Å². The number of hydrogen-bond acceptors (Lipinski definition) is 4. The van der Waals surface area contributed by atoms with E-state index in [0.717, 1.165) is 5.56 Å². The van der Waals surface area contributed by atoms with E-state index in [1.807, 2.05) is 31.2 Å². The lowest BCUT2D eigenvalue weighted by Gasteiger charge is -2.44. The third kappa shape index (κ3) is 4.01. The standard InChI is InChI=1S/C23H24N2O4/c1-16-7-8-20-18(13-16)19(26)14-23(29-20)9-11-25(12-10-23)21(27)15-24-22(28)17-5-3-2-4-6-17/h2-8,13H,9-12,14-15H2,1H3,(H,24,28). The number of benzene rings is 2. The maximum Gasteiger partial charge on any atom is 0.251 e. The third-order valence-corrected chi connectivity index (χ3v) is 5.71. The zero-order chi connectivity index (χ0) is 20.4. The first-order chi connectivity index (χ1) is 14.0. The molecule has 0 unspecified atom stereocenters. The number of amides is 2. The Morgan fingerprint density at radius 2 is 1.83 bits per heavy atom. The van der Waals surface area contributed by atoms with Gasteiger partial charge < -0.3 is 15.0 Å². The molecule has 0 aromatic heterocycles. The molecule has 150 valence electrons. The molecule has 6 heteroatoms. The smallest absolute Gasteiger partial charge is 0.251 e. The van der Waals surface area contributed by atoms with Gasteiger partial charge in [0.15, 0.2) is 5.78 Å². The number of rotatable bonds is 3. The molecule has 1 fully saturated rings. The molecule has 4 rings (SSSR count). The van der Waals surface area contributed by atoms with Crippen molar-refractivity contribution in [1.29, 1.82) is 0 Å². The van der Waals surface area contributed by atoms with Gasteiger partial charge in [0.1, 0.15) is 11.4 Å². The maximum absolute atomic E-state index is 12.6. The summed E-state index contributed by atoms with van der Waals surface area (Å²) in [6.45, 7) is 2.93. The molecule has 0 saturated carbocycles. The fourth-order valence-electron chi connectivity index (χ4n) is 4.01. The van der Waals surface area contributed by atoms with E-state index in [-0.39, 0.29) is 24.1 Å². The lowest BCUT2D eigenvalue weighted by molar-refractivity contribution is -0.133. The molecule has 29 heavy (non-hydrogen) atoms. The molecule has 2 aromatic rings. The quantitative estimate of drug-likeness (QED) is 0.872. The summed E-state index contributed by atoms with van der Waals surface area (Å²) in [7, 11) is 0. The van der Waals surface area contributed by atoms with Gasteiger partial charge in [-0.1, -0.05) is 29.8 Å². The highest BCUT2D eigenvalue weighted by molar-refractivity contribution is 6.00. The van der Waals surface area contributed by atoms with Crippen LogP contribution in [0.15, 0.2) is 48.5 Å². The topological polar surface area (TPSA) is 75.7 Å². The molecule has 2 amide bonds. The van der Waals surface area contributed by atoms with Gasteiger partial charge in [-0.3, -0.25) is 14.4 Å². The molecule has 6 nitrogen and oxygen atoms in total. The second-order valence-electron chi connectivity index (χ2n) is 7.81. The molecular weight excluding hydrogens is 368 g/mol. The van der Waals surface area contributed by atoms with Crippen LogP contribution in [0, 0.1) is 6.92 Å². The normalized spacial score (nSPS) is 17.4. The van der Waals surface area contributed by atoms with Crippen LogP contribution in [0.2, 0.25) is 0 Å². The number of Topliss-reactive ketones (excluding diaryl/α,β-unsaturated/α-hetero) is 1. The van der Waals surface area contributed by atoms with Crippen molar-refractivity contribution in [3.05, 3.63) is 65.2 Å². The number of carbonyl (C=O) groups excluding carboxylic acids is 3. The molecule has 2 aliphatic rings. The number of ketones is 1. The minimum Gasteiger partial charge on any atom is -0.486 e. The molecule has 2 heterocycles. The summed E-state index contributed by atoms with van der Waals surface area (Å²) in [5.74, 6) is 0.356. The highest BCUT2D eigenvalue weighted by Crippen LogP contribution is 2.39. The summed E-state index contributed by atoms with van der Waals surface area (Å²) < 4.78 is 6.24. The Morgan fingerprint density at radius 3 is 2.55 bits per heavy atom. The highest BCUT2D eigenvalue weighted by Gasteiger charge is 2.43. The summed E-state index contributed by atoms with van der Waals surface area (Å²) in [4.78, 5) is 39.0. The van der Waals surface area contributed by atoms with Crippen molar-refractivity contribution in [2.45, 2.75) is 31.8 Å². The largest absolute Gasteiger partial charge is 0.486 e. The van der Waals surface area contributed by atoms with Crippen molar-refractivity contribution >= 4 is 17.6 Å². The van der Waals surface area contributed by atoms with Gasteiger partial charge in [-0.05, 0) is 31.2 Å². The fourth-order valence-corrected chi connectivity index (χ4v) is 4.01. The van der Waals surface area contributed by atoms with Gasteiger partial charge in [-0.2, -0.15) is 0 Å². The Balaban J connectivity index is 1.33. The number of aryl methyl sites for hydroxylation is 1. The van der Waals surface area contributed by atoms with Crippen molar-refractivity contribution in [3.8, 4) is 5.75 Å². The molecule has 1 N–H and O–H groups in total. The Labute approximate surface area is 169 Å². The average molecular weight is 392 g/mol. The zero-order valence-corrected chi connectivity index (χ0v) is 16.4. The van der Waals surface area contributed by atoms with E-state index in [0.29, 0.717) is 49.2 Å². The number of hydrogen-bond donors (Lipinski definition) is 1. The second-order valence-corrected chi connectivity index (χ2v) is 7.81. The molecule has 1 spiro atoms. The van der Waals surface area contributed by atoms with E-state index in [4.69, 9.17) is 4.74 Å². The molecule has 0 bridgehead atoms. The second kappa shape index (κ2) is 7.70. The number of likely N-dealkylation sites (tertiary alicyclic amines) is 1. The Hall–Kier alpha value is -3.15. The van der Waals surface area contributed by atoms with Crippen LogP contribution in [0.3, 0.4) is 0 Å². The first kappa shape index (κ1) is 19.2. The minimum absolute atomic E-state index is 0.0391. The van der Waals surface area contributed by atoms with Gasteiger partial charge in [-0.25, -0.2) is 0 Å². The number of ether oxygens (including phenoxy) is 1. The van der Waals surface area contributed by atoms with Crippen LogP contribution >= 0.6 is 0 Å². The van der Waals surface area contributed by atoms with Crippen molar-refractivity contribution in [2.75, 3.05) is 19.6 Å². The van der Waals surface area contributed by atoms with Gasteiger partial charge >= 0.3 is 0 Å². The van der Waals surface area contributed by atoms with E-state index in [1.54, 1.807) is 29.2 Å².